The minimum absolute atomic E-state index is 0.122. The summed E-state index contributed by atoms with van der Waals surface area (Å²) >= 11 is 12.3. The van der Waals surface area contributed by atoms with Gasteiger partial charge in [0, 0.05) is 42.8 Å². The number of methoxy groups -OCH3 is 2. The average molecular weight is 610 g/mol. The molecule has 42 heavy (non-hydrogen) atoms. The zero-order valence-electron chi connectivity index (χ0n) is 23.1. The Kier molecular flexibility index (Phi) is 9.14. The summed E-state index contributed by atoms with van der Waals surface area (Å²) in [5, 5.41) is 9.48. The van der Waals surface area contributed by atoms with Crippen molar-refractivity contribution < 1.29 is 23.5 Å². The van der Waals surface area contributed by atoms with Crippen LogP contribution >= 0.6 is 23.2 Å². The second-order valence-corrected chi connectivity index (χ2v) is 10.4. The summed E-state index contributed by atoms with van der Waals surface area (Å²) in [6, 6.07) is 17.5. The van der Waals surface area contributed by atoms with E-state index in [1.807, 2.05) is 24.3 Å². The van der Waals surface area contributed by atoms with Gasteiger partial charge in [0.15, 0.2) is 5.82 Å². The van der Waals surface area contributed by atoms with E-state index in [-0.39, 0.29) is 35.5 Å². The van der Waals surface area contributed by atoms with Crippen LogP contribution in [0.2, 0.25) is 10.0 Å². The predicted octanol–water partition coefficient (Wildman–Crippen LogP) is 5.05. The Morgan fingerprint density at radius 3 is 2.40 bits per heavy atom. The number of furan rings is 1. The Balaban J connectivity index is 1.23. The van der Waals surface area contributed by atoms with E-state index >= 15 is 0 Å². The molecule has 3 heterocycles. The summed E-state index contributed by atoms with van der Waals surface area (Å²) in [4.78, 5) is 32.0. The molecule has 218 valence electrons. The van der Waals surface area contributed by atoms with E-state index in [9.17, 15) is 9.59 Å². The molecule has 2 aromatic heterocycles. The lowest BCUT2D eigenvalue weighted by atomic mass is 10.1. The zero-order valence-corrected chi connectivity index (χ0v) is 24.6. The number of carbonyl (C=O) groups excluding carboxylic acids is 2. The van der Waals surface area contributed by atoms with Crippen molar-refractivity contribution in [1.82, 2.24) is 20.0 Å². The van der Waals surface area contributed by atoms with Crippen LogP contribution in [0.5, 0.6) is 11.5 Å². The van der Waals surface area contributed by atoms with E-state index < -0.39 is 0 Å². The van der Waals surface area contributed by atoms with Gasteiger partial charge >= 0.3 is 0 Å². The highest BCUT2D eigenvalue weighted by Gasteiger charge is 2.27. The van der Waals surface area contributed by atoms with E-state index in [0.29, 0.717) is 60.0 Å². The molecule has 12 heteroatoms. The number of aromatic nitrogens is 2. The van der Waals surface area contributed by atoms with E-state index in [2.05, 4.69) is 15.1 Å². The van der Waals surface area contributed by atoms with Gasteiger partial charge in [0.1, 0.15) is 23.8 Å². The van der Waals surface area contributed by atoms with E-state index in [0.717, 1.165) is 5.56 Å². The Hall–Kier alpha value is -4.28. The van der Waals surface area contributed by atoms with E-state index in [1.165, 1.54) is 17.2 Å². The Bertz CT molecular complexity index is 1540. The highest BCUT2D eigenvalue weighted by molar-refractivity contribution is 6.36. The number of piperazine rings is 1. The van der Waals surface area contributed by atoms with Gasteiger partial charge in [-0.1, -0.05) is 23.2 Å². The molecule has 0 bridgehead atoms. The second-order valence-electron chi connectivity index (χ2n) is 9.58. The summed E-state index contributed by atoms with van der Waals surface area (Å²) in [5.74, 6) is 2.04. The normalized spacial score (nSPS) is 13.1. The predicted molar refractivity (Wildman–Crippen MR) is 159 cm³/mol. The molecule has 2 amide bonds. The molecular weight excluding hydrogens is 581 g/mol. The molecule has 0 N–H and O–H groups in total. The van der Waals surface area contributed by atoms with Crippen molar-refractivity contribution in [1.29, 1.82) is 0 Å². The van der Waals surface area contributed by atoms with Gasteiger partial charge in [-0.3, -0.25) is 9.59 Å². The topological polar surface area (TPSA) is 101 Å². The van der Waals surface area contributed by atoms with Crippen molar-refractivity contribution in [3.8, 4) is 22.8 Å². The Morgan fingerprint density at radius 1 is 0.952 bits per heavy atom. The fourth-order valence-corrected chi connectivity index (χ4v) is 5.21. The molecule has 4 aromatic rings. The molecule has 0 saturated carbocycles. The van der Waals surface area contributed by atoms with Crippen LogP contribution in [0, 0.1) is 0 Å². The molecule has 2 aromatic carbocycles. The van der Waals surface area contributed by atoms with Gasteiger partial charge in [0.05, 0.1) is 43.3 Å². The van der Waals surface area contributed by atoms with Crippen LogP contribution in [-0.2, 0) is 11.3 Å². The number of nitrogens with zero attached hydrogens (tertiary/aromatic N) is 5. The fraction of sp³-hybridized carbons (Fsp3) is 0.267. The highest BCUT2D eigenvalue weighted by atomic mass is 35.5. The lowest BCUT2D eigenvalue weighted by Crippen LogP contribution is -2.52. The lowest BCUT2D eigenvalue weighted by molar-refractivity contribution is -0.132. The molecule has 10 nitrogen and oxygen atoms in total. The Morgan fingerprint density at radius 2 is 1.76 bits per heavy atom. The van der Waals surface area contributed by atoms with Crippen molar-refractivity contribution >= 4 is 40.8 Å². The van der Waals surface area contributed by atoms with Crippen molar-refractivity contribution in [2.45, 2.75) is 6.54 Å². The zero-order chi connectivity index (χ0) is 29.6. The highest BCUT2D eigenvalue weighted by Crippen LogP contribution is 2.32. The van der Waals surface area contributed by atoms with Gasteiger partial charge < -0.3 is 28.6 Å². The maximum atomic E-state index is 13.4. The summed E-state index contributed by atoms with van der Waals surface area (Å²) < 4.78 is 16.2. The lowest BCUT2D eigenvalue weighted by Gasteiger charge is -2.36. The SMILES string of the molecule is COc1ccc(-c2ccc(N3CCN(C(=O)CN(Cc4ccco4)C(=O)c4ccc(Cl)cc4Cl)CC3)nn2)c(OC)c1. The molecule has 1 saturated heterocycles. The van der Waals surface area contributed by atoms with Gasteiger partial charge in [0.2, 0.25) is 5.91 Å². The molecule has 0 unspecified atom stereocenters. The Labute approximate surface area is 253 Å². The van der Waals surface area contributed by atoms with Gasteiger partial charge in [-0.2, -0.15) is 0 Å². The van der Waals surface area contributed by atoms with Gasteiger partial charge in [-0.25, -0.2) is 0 Å². The van der Waals surface area contributed by atoms with Crippen molar-refractivity contribution in [2.75, 3.05) is 51.8 Å². The quantitative estimate of drug-likeness (QED) is 0.260. The standard InChI is InChI=1S/C30H29Cl2N5O5/c1-40-21-6-8-24(27(17-21)41-2)26-9-10-28(34-33-26)35-11-13-36(14-12-35)29(38)19-37(18-22-4-3-15-42-22)30(39)23-7-5-20(31)16-25(23)32/h3-10,15-17H,11-14,18-19H2,1-2H3. The fourth-order valence-electron chi connectivity index (χ4n) is 4.72. The minimum atomic E-state index is -0.385. The first kappa shape index (κ1) is 29.2. The summed E-state index contributed by atoms with van der Waals surface area (Å²) in [7, 11) is 3.20. The summed E-state index contributed by atoms with van der Waals surface area (Å²) in [6.07, 6.45) is 1.53. The maximum absolute atomic E-state index is 13.4. The first-order valence-corrected chi connectivity index (χ1v) is 14.0. The molecule has 1 aliphatic rings. The molecule has 1 aliphatic heterocycles. The monoisotopic (exact) mass is 609 g/mol. The number of anilines is 1. The summed E-state index contributed by atoms with van der Waals surface area (Å²) in [5.41, 5.74) is 1.75. The number of benzene rings is 2. The third-order valence-electron chi connectivity index (χ3n) is 6.99. The number of hydrogen-bond donors (Lipinski definition) is 0. The first-order chi connectivity index (χ1) is 20.4. The number of ether oxygens (including phenoxy) is 2. The van der Waals surface area contributed by atoms with Crippen LogP contribution in [-0.4, -0.2) is 78.8 Å². The maximum Gasteiger partial charge on any atom is 0.256 e. The average Bonchev–Trinajstić information content (AvgIpc) is 3.53. The third-order valence-corrected chi connectivity index (χ3v) is 7.54. The number of hydrogen-bond acceptors (Lipinski definition) is 8. The summed E-state index contributed by atoms with van der Waals surface area (Å²) in [6.45, 7) is 2.08. The molecular formula is C30H29Cl2N5O5. The van der Waals surface area contributed by atoms with Gasteiger partial charge in [0.25, 0.3) is 5.91 Å². The molecule has 0 spiro atoms. The van der Waals surface area contributed by atoms with Crippen LogP contribution < -0.4 is 14.4 Å². The molecule has 0 radical (unpaired) electrons. The number of amides is 2. The van der Waals surface area contributed by atoms with Gasteiger partial charge in [-0.05, 0) is 54.6 Å². The van der Waals surface area contributed by atoms with Crippen LogP contribution in [0.4, 0.5) is 5.82 Å². The van der Waals surface area contributed by atoms with Crippen molar-refractivity contribution in [2.24, 2.45) is 0 Å². The first-order valence-electron chi connectivity index (χ1n) is 13.2. The van der Waals surface area contributed by atoms with Crippen LogP contribution in [0.25, 0.3) is 11.3 Å². The van der Waals surface area contributed by atoms with Crippen LogP contribution in [0.15, 0.2) is 71.3 Å². The number of carbonyl (C=O) groups is 2. The minimum Gasteiger partial charge on any atom is -0.497 e. The molecule has 1 fully saturated rings. The molecule has 0 atom stereocenters. The van der Waals surface area contributed by atoms with Crippen LogP contribution in [0.3, 0.4) is 0 Å². The second kappa shape index (κ2) is 13.1. The van der Waals surface area contributed by atoms with E-state index in [4.69, 9.17) is 37.1 Å². The van der Waals surface area contributed by atoms with Crippen molar-refractivity contribution in [3.63, 3.8) is 0 Å². The van der Waals surface area contributed by atoms with Crippen molar-refractivity contribution in [3.05, 3.63) is 88.3 Å². The largest absolute Gasteiger partial charge is 0.497 e. The number of rotatable bonds is 9. The third kappa shape index (κ3) is 6.61. The number of halogens is 2. The molecule has 0 aliphatic carbocycles. The molecule has 5 rings (SSSR count). The van der Waals surface area contributed by atoms with Crippen LogP contribution in [0.1, 0.15) is 16.1 Å². The smallest absolute Gasteiger partial charge is 0.256 e. The van der Waals surface area contributed by atoms with E-state index in [1.54, 1.807) is 49.5 Å². The van der Waals surface area contributed by atoms with Gasteiger partial charge in [-0.15, -0.1) is 10.2 Å².